The molecule has 0 bridgehead atoms. The van der Waals surface area contributed by atoms with Crippen LogP contribution in [0.1, 0.15) is 25.3 Å². The van der Waals surface area contributed by atoms with Crippen molar-refractivity contribution in [2.45, 2.75) is 19.8 Å². The van der Waals surface area contributed by atoms with Crippen LogP contribution in [0.3, 0.4) is 0 Å². The number of rotatable bonds is 7. The summed E-state index contributed by atoms with van der Waals surface area (Å²) in [5.41, 5.74) is 0.831. The zero-order chi connectivity index (χ0) is 14.1. The van der Waals surface area contributed by atoms with E-state index in [4.69, 9.17) is 16.7 Å². The molecule has 5 heteroatoms. The minimum absolute atomic E-state index is 0.149. The Balaban J connectivity index is 2.42. The van der Waals surface area contributed by atoms with E-state index in [0.717, 1.165) is 12.0 Å². The molecular weight excluding hydrogens is 264 g/mol. The predicted octanol–water partition coefficient (Wildman–Crippen LogP) is 2.27. The Morgan fingerprint density at radius 1 is 1.63 bits per heavy atom. The van der Waals surface area contributed by atoms with Crippen LogP contribution in [0.2, 0.25) is 5.15 Å². The molecule has 1 aromatic heterocycles. The number of aliphatic hydroxyl groups is 1. The number of amides is 1. The van der Waals surface area contributed by atoms with E-state index >= 15 is 0 Å². The van der Waals surface area contributed by atoms with Gasteiger partial charge < -0.3 is 10.4 Å². The fourth-order valence-electron chi connectivity index (χ4n) is 1.63. The average molecular weight is 283 g/mol. The van der Waals surface area contributed by atoms with Gasteiger partial charge in [0.05, 0.1) is 0 Å². The highest BCUT2D eigenvalue weighted by atomic mass is 35.5. The van der Waals surface area contributed by atoms with Gasteiger partial charge in [-0.1, -0.05) is 24.9 Å². The van der Waals surface area contributed by atoms with Gasteiger partial charge in [-0.15, -0.1) is 0 Å². The summed E-state index contributed by atoms with van der Waals surface area (Å²) in [5.74, 6) is 0.169. The third-order valence-electron chi connectivity index (χ3n) is 2.86. The van der Waals surface area contributed by atoms with Gasteiger partial charge in [0, 0.05) is 25.4 Å². The van der Waals surface area contributed by atoms with Gasteiger partial charge in [0.1, 0.15) is 5.15 Å². The van der Waals surface area contributed by atoms with E-state index in [2.05, 4.69) is 10.3 Å². The summed E-state index contributed by atoms with van der Waals surface area (Å²) in [6, 6.07) is 3.46. The second-order valence-corrected chi connectivity index (χ2v) is 4.66. The summed E-state index contributed by atoms with van der Waals surface area (Å²) in [6.45, 7) is 2.78. The van der Waals surface area contributed by atoms with Gasteiger partial charge in [-0.3, -0.25) is 4.79 Å². The van der Waals surface area contributed by atoms with Gasteiger partial charge in [-0.2, -0.15) is 0 Å². The highest BCUT2D eigenvalue weighted by molar-refractivity contribution is 6.29. The molecule has 104 valence electrons. The van der Waals surface area contributed by atoms with E-state index in [1.54, 1.807) is 24.4 Å². The van der Waals surface area contributed by atoms with Crippen molar-refractivity contribution < 1.29 is 9.90 Å². The van der Waals surface area contributed by atoms with Crippen LogP contribution >= 0.6 is 11.6 Å². The number of nitrogens with zero attached hydrogens (tertiary/aromatic N) is 1. The van der Waals surface area contributed by atoms with Crippen molar-refractivity contribution in [2.75, 3.05) is 13.2 Å². The first kappa shape index (κ1) is 15.7. The van der Waals surface area contributed by atoms with E-state index < -0.39 is 0 Å². The minimum atomic E-state index is -0.149. The number of hydrogen-bond donors (Lipinski definition) is 2. The van der Waals surface area contributed by atoms with E-state index in [0.29, 0.717) is 24.0 Å². The van der Waals surface area contributed by atoms with E-state index in [1.807, 2.05) is 6.92 Å². The quantitative estimate of drug-likeness (QED) is 0.596. The van der Waals surface area contributed by atoms with E-state index in [-0.39, 0.29) is 12.5 Å². The van der Waals surface area contributed by atoms with Crippen LogP contribution in [-0.4, -0.2) is 29.1 Å². The molecule has 0 fully saturated rings. The highest BCUT2D eigenvalue weighted by Gasteiger charge is 2.06. The van der Waals surface area contributed by atoms with Crippen LogP contribution in [0.15, 0.2) is 24.4 Å². The Labute approximate surface area is 118 Å². The maximum Gasteiger partial charge on any atom is 0.244 e. The summed E-state index contributed by atoms with van der Waals surface area (Å²) < 4.78 is 0. The zero-order valence-corrected chi connectivity index (χ0v) is 11.7. The third kappa shape index (κ3) is 6.36. The van der Waals surface area contributed by atoms with Crippen molar-refractivity contribution >= 4 is 23.6 Å². The van der Waals surface area contributed by atoms with Gasteiger partial charge >= 0.3 is 0 Å². The van der Waals surface area contributed by atoms with Crippen molar-refractivity contribution in [1.82, 2.24) is 10.3 Å². The van der Waals surface area contributed by atoms with Crippen molar-refractivity contribution in [2.24, 2.45) is 5.92 Å². The first-order valence-corrected chi connectivity index (χ1v) is 6.71. The largest absolute Gasteiger partial charge is 0.396 e. The number of pyridine rings is 1. The lowest BCUT2D eigenvalue weighted by Crippen LogP contribution is -2.28. The Kier molecular flexibility index (Phi) is 7.15. The van der Waals surface area contributed by atoms with Crippen molar-refractivity contribution in [3.05, 3.63) is 35.1 Å². The molecule has 1 aromatic rings. The van der Waals surface area contributed by atoms with Gasteiger partial charge in [0.2, 0.25) is 5.91 Å². The normalized spacial score (nSPS) is 12.6. The monoisotopic (exact) mass is 282 g/mol. The molecule has 1 atom stereocenters. The molecule has 0 spiro atoms. The first-order valence-electron chi connectivity index (χ1n) is 6.34. The molecule has 4 nitrogen and oxygen atoms in total. The fourth-order valence-corrected chi connectivity index (χ4v) is 1.81. The zero-order valence-electron chi connectivity index (χ0n) is 11.0. The maximum absolute atomic E-state index is 11.6. The molecule has 1 amide bonds. The first-order chi connectivity index (χ1) is 9.15. The molecular formula is C14H19ClN2O2. The number of halogens is 1. The number of aliphatic hydroxyl groups excluding tert-OH is 1. The lowest BCUT2D eigenvalue weighted by molar-refractivity contribution is -0.116. The smallest absolute Gasteiger partial charge is 0.244 e. The Morgan fingerprint density at radius 3 is 3.05 bits per heavy atom. The molecule has 0 saturated heterocycles. The molecule has 0 aliphatic heterocycles. The van der Waals surface area contributed by atoms with Crippen LogP contribution in [0.25, 0.3) is 6.08 Å². The minimum Gasteiger partial charge on any atom is -0.396 e. The Bertz CT molecular complexity index is 435. The molecule has 0 aliphatic rings. The molecule has 0 aliphatic carbocycles. The second kappa shape index (κ2) is 8.67. The van der Waals surface area contributed by atoms with Gasteiger partial charge in [0.25, 0.3) is 0 Å². The second-order valence-electron chi connectivity index (χ2n) is 4.28. The van der Waals surface area contributed by atoms with Crippen LogP contribution < -0.4 is 5.32 Å². The van der Waals surface area contributed by atoms with Gasteiger partial charge in [-0.25, -0.2) is 4.98 Å². The molecule has 2 N–H and O–H groups in total. The highest BCUT2D eigenvalue weighted by Crippen LogP contribution is 2.08. The fraction of sp³-hybridized carbons (Fsp3) is 0.429. The lowest BCUT2D eigenvalue weighted by atomic mass is 10.0. The predicted molar refractivity (Wildman–Crippen MR) is 76.8 cm³/mol. The molecule has 1 unspecified atom stereocenters. The molecule has 0 aromatic carbocycles. The standard InChI is InChI=1S/C14H19ClN2O2/c1-2-11(6-8-18)10-17-14(19)4-3-12-5-7-16-13(15)9-12/h3-5,7,9,11,18H,2,6,8,10H2,1H3,(H,17,19)/b4-3+. The summed E-state index contributed by atoms with van der Waals surface area (Å²) in [4.78, 5) is 15.5. The summed E-state index contributed by atoms with van der Waals surface area (Å²) >= 11 is 5.75. The van der Waals surface area contributed by atoms with Crippen LogP contribution in [0, 0.1) is 5.92 Å². The average Bonchev–Trinajstić information content (AvgIpc) is 2.41. The summed E-state index contributed by atoms with van der Waals surface area (Å²) in [6.07, 6.45) is 6.40. The topological polar surface area (TPSA) is 62.2 Å². The number of nitrogens with one attached hydrogen (secondary N) is 1. The van der Waals surface area contributed by atoms with Crippen LogP contribution in [-0.2, 0) is 4.79 Å². The Morgan fingerprint density at radius 2 is 2.42 bits per heavy atom. The molecule has 0 saturated carbocycles. The van der Waals surface area contributed by atoms with Crippen molar-refractivity contribution in [1.29, 1.82) is 0 Å². The molecule has 1 rings (SSSR count). The van der Waals surface area contributed by atoms with Gasteiger partial charge in [0.15, 0.2) is 0 Å². The number of carbonyl (C=O) groups excluding carboxylic acids is 1. The number of aromatic nitrogens is 1. The van der Waals surface area contributed by atoms with Crippen LogP contribution in [0.5, 0.6) is 0 Å². The molecule has 19 heavy (non-hydrogen) atoms. The maximum atomic E-state index is 11.6. The lowest BCUT2D eigenvalue weighted by Gasteiger charge is -2.13. The summed E-state index contributed by atoms with van der Waals surface area (Å²) in [7, 11) is 0. The Hall–Kier alpha value is -1.39. The SMILES string of the molecule is CCC(CCO)CNC(=O)/C=C/c1ccnc(Cl)c1. The number of carbonyl (C=O) groups is 1. The van der Waals surface area contributed by atoms with Crippen molar-refractivity contribution in [3.8, 4) is 0 Å². The van der Waals surface area contributed by atoms with E-state index in [1.165, 1.54) is 6.08 Å². The van der Waals surface area contributed by atoms with E-state index in [9.17, 15) is 4.79 Å². The van der Waals surface area contributed by atoms with Crippen LogP contribution in [0.4, 0.5) is 0 Å². The number of hydrogen-bond acceptors (Lipinski definition) is 3. The summed E-state index contributed by atoms with van der Waals surface area (Å²) in [5, 5.41) is 12.1. The van der Waals surface area contributed by atoms with Crippen molar-refractivity contribution in [3.63, 3.8) is 0 Å². The van der Waals surface area contributed by atoms with Gasteiger partial charge in [-0.05, 0) is 36.1 Å². The molecule has 1 heterocycles. The third-order valence-corrected chi connectivity index (χ3v) is 3.06. The molecule has 0 radical (unpaired) electrons.